The van der Waals surface area contributed by atoms with Crippen LogP contribution in [0.3, 0.4) is 0 Å². The van der Waals surface area contributed by atoms with E-state index in [2.05, 4.69) is 0 Å². The molecule has 1 heterocycles. The van der Waals surface area contributed by atoms with E-state index in [4.69, 9.17) is 9.47 Å². The third-order valence-electron chi connectivity index (χ3n) is 4.43. The van der Waals surface area contributed by atoms with Crippen molar-refractivity contribution in [3.8, 4) is 0 Å². The number of ether oxygens (including phenoxy) is 2. The van der Waals surface area contributed by atoms with Crippen LogP contribution < -0.4 is 0 Å². The van der Waals surface area contributed by atoms with Crippen molar-refractivity contribution in [1.29, 1.82) is 0 Å². The van der Waals surface area contributed by atoms with Crippen LogP contribution in [0.2, 0.25) is 0 Å². The molecule has 2 aromatic rings. The van der Waals surface area contributed by atoms with Gasteiger partial charge in [0, 0.05) is 0 Å². The second-order valence-electron chi connectivity index (χ2n) is 6.20. The highest BCUT2D eigenvalue weighted by Crippen LogP contribution is 2.21. The standard InChI is InChI=1S/C20H23NO3/c1-16-19(15-23-13-17-8-4-2-5-9-17)21(22)12-20(16)24-14-18-10-6-3-7-11-18/h2-12,16,19-20H,13-15H2,1H3/t16-,19+,20+/m0/s1. The molecule has 3 atom stereocenters. The van der Waals surface area contributed by atoms with E-state index >= 15 is 0 Å². The summed E-state index contributed by atoms with van der Waals surface area (Å²) in [6.07, 6.45) is 1.46. The predicted molar refractivity (Wildman–Crippen MR) is 93.8 cm³/mol. The zero-order chi connectivity index (χ0) is 16.8. The largest absolute Gasteiger partial charge is 0.624 e. The van der Waals surface area contributed by atoms with Crippen molar-refractivity contribution in [2.45, 2.75) is 32.3 Å². The van der Waals surface area contributed by atoms with Crippen LogP contribution in [-0.2, 0) is 22.7 Å². The van der Waals surface area contributed by atoms with E-state index in [9.17, 15) is 5.21 Å². The molecule has 24 heavy (non-hydrogen) atoms. The Morgan fingerprint density at radius 3 is 2.12 bits per heavy atom. The summed E-state index contributed by atoms with van der Waals surface area (Å²) in [6, 6.07) is 19.8. The van der Waals surface area contributed by atoms with E-state index in [1.807, 2.05) is 67.6 Å². The van der Waals surface area contributed by atoms with Crippen LogP contribution in [0.15, 0.2) is 60.7 Å². The number of hydroxylamine groups is 1. The Hall–Kier alpha value is -2.17. The molecule has 126 valence electrons. The van der Waals surface area contributed by atoms with Gasteiger partial charge in [0.25, 0.3) is 0 Å². The smallest absolute Gasteiger partial charge is 0.191 e. The monoisotopic (exact) mass is 325 g/mol. The van der Waals surface area contributed by atoms with Crippen molar-refractivity contribution >= 4 is 6.21 Å². The molecule has 0 bridgehead atoms. The van der Waals surface area contributed by atoms with E-state index in [1.54, 1.807) is 6.21 Å². The minimum Gasteiger partial charge on any atom is -0.624 e. The summed E-state index contributed by atoms with van der Waals surface area (Å²) in [5, 5.41) is 12.1. The van der Waals surface area contributed by atoms with E-state index in [-0.39, 0.29) is 18.1 Å². The Bertz CT molecular complexity index is 657. The number of rotatable bonds is 7. The first kappa shape index (κ1) is 16.7. The zero-order valence-electron chi connectivity index (χ0n) is 13.9. The van der Waals surface area contributed by atoms with Crippen LogP contribution >= 0.6 is 0 Å². The normalized spacial score (nSPS) is 23.2. The van der Waals surface area contributed by atoms with Crippen LogP contribution in [0.1, 0.15) is 18.1 Å². The van der Waals surface area contributed by atoms with Gasteiger partial charge in [-0.2, -0.15) is 0 Å². The van der Waals surface area contributed by atoms with Gasteiger partial charge in [-0.3, -0.25) is 0 Å². The highest BCUT2D eigenvalue weighted by atomic mass is 16.5. The Morgan fingerprint density at radius 2 is 1.50 bits per heavy atom. The first-order valence-electron chi connectivity index (χ1n) is 8.31. The maximum Gasteiger partial charge on any atom is 0.191 e. The van der Waals surface area contributed by atoms with Gasteiger partial charge in [0.15, 0.2) is 12.3 Å². The fourth-order valence-corrected chi connectivity index (χ4v) is 2.90. The van der Waals surface area contributed by atoms with Crippen molar-refractivity contribution in [3.63, 3.8) is 0 Å². The first-order chi connectivity index (χ1) is 11.7. The summed E-state index contributed by atoms with van der Waals surface area (Å²) < 4.78 is 12.6. The third-order valence-corrected chi connectivity index (χ3v) is 4.43. The Morgan fingerprint density at radius 1 is 0.917 bits per heavy atom. The fraction of sp³-hybridized carbons (Fsp3) is 0.350. The van der Waals surface area contributed by atoms with Gasteiger partial charge in [-0.15, -0.1) is 0 Å². The number of hydrogen-bond donors (Lipinski definition) is 0. The molecule has 0 radical (unpaired) electrons. The summed E-state index contributed by atoms with van der Waals surface area (Å²) in [5.74, 6) is 0.0991. The summed E-state index contributed by atoms with van der Waals surface area (Å²) in [5.41, 5.74) is 2.22. The number of hydrogen-bond acceptors (Lipinski definition) is 3. The maximum atomic E-state index is 12.1. The Balaban J connectivity index is 1.48. The molecule has 4 heteroatoms. The lowest BCUT2D eigenvalue weighted by Gasteiger charge is -2.18. The second-order valence-corrected chi connectivity index (χ2v) is 6.20. The lowest BCUT2D eigenvalue weighted by Crippen LogP contribution is -2.32. The molecule has 4 nitrogen and oxygen atoms in total. The summed E-state index contributed by atoms with van der Waals surface area (Å²) in [4.78, 5) is 0. The van der Waals surface area contributed by atoms with Gasteiger partial charge in [0.2, 0.25) is 0 Å². The second kappa shape index (κ2) is 8.08. The average molecular weight is 325 g/mol. The number of benzene rings is 2. The molecule has 1 aliphatic rings. The molecule has 2 aromatic carbocycles. The van der Waals surface area contributed by atoms with Crippen molar-refractivity contribution in [2.75, 3.05) is 6.61 Å². The minimum atomic E-state index is -0.200. The van der Waals surface area contributed by atoms with E-state index in [0.29, 0.717) is 19.8 Å². The molecule has 0 fully saturated rings. The van der Waals surface area contributed by atoms with Gasteiger partial charge in [0.1, 0.15) is 12.7 Å². The van der Waals surface area contributed by atoms with Gasteiger partial charge in [-0.05, 0) is 11.1 Å². The van der Waals surface area contributed by atoms with E-state index in [1.165, 1.54) is 0 Å². The molecule has 0 amide bonds. The first-order valence-corrected chi connectivity index (χ1v) is 8.31. The van der Waals surface area contributed by atoms with Crippen molar-refractivity contribution in [2.24, 2.45) is 5.92 Å². The summed E-state index contributed by atoms with van der Waals surface area (Å²) in [7, 11) is 0. The third kappa shape index (κ3) is 4.22. The molecule has 0 saturated carbocycles. The fourth-order valence-electron chi connectivity index (χ4n) is 2.90. The van der Waals surface area contributed by atoms with Crippen LogP contribution in [0, 0.1) is 11.1 Å². The van der Waals surface area contributed by atoms with E-state index in [0.717, 1.165) is 15.9 Å². The molecule has 0 N–H and O–H groups in total. The lowest BCUT2D eigenvalue weighted by molar-refractivity contribution is -0.500. The zero-order valence-corrected chi connectivity index (χ0v) is 13.9. The molecule has 0 aromatic heterocycles. The van der Waals surface area contributed by atoms with Gasteiger partial charge in [-0.1, -0.05) is 67.6 Å². The average Bonchev–Trinajstić information content (AvgIpc) is 2.89. The van der Waals surface area contributed by atoms with Gasteiger partial charge >= 0.3 is 0 Å². The maximum absolute atomic E-state index is 12.1. The quantitative estimate of drug-likeness (QED) is 0.579. The van der Waals surface area contributed by atoms with Crippen LogP contribution in [0.4, 0.5) is 0 Å². The molecule has 3 rings (SSSR count). The van der Waals surface area contributed by atoms with Crippen LogP contribution in [0.25, 0.3) is 0 Å². The molecule has 0 spiro atoms. The molecule has 0 saturated heterocycles. The minimum absolute atomic E-state index is 0.0991. The van der Waals surface area contributed by atoms with Gasteiger partial charge in [-0.25, -0.2) is 4.74 Å². The topological polar surface area (TPSA) is 44.5 Å². The van der Waals surface area contributed by atoms with Crippen molar-refractivity contribution < 1.29 is 14.2 Å². The Kier molecular flexibility index (Phi) is 5.62. The van der Waals surface area contributed by atoms with Crippen LogP contribution in [0.5, 0.6) is 0 Å². The molecule has 0 aliphatic carbocycles. The highest BCUT2D eigenvalue weighted by Gasteiger charge is 2.39. The molecule has 0 unspecified atom stereocenters. The summed E-state index contributed by atoms with van der Waals surface area (Å²) >= 11 is 0. The lowest BCUT2D eigenvalue weighted by atomic mass is 10.0. The molecular weight excluding hydrogens is 302 g/mol. The Labute approximate surface area is 142 Å². The SMILES string of the molecule is C[C@H]1[C@@H](COCc2ccccc2)[N+]([O-])=C[C@H]1OCc1ccccc1. The van der Waals surface area contributed by atoms with Crippen LogP contribution in [-0.4, -0.2) is 29.7 Å². The highest BCUT2D eigenvalue weighted by molar-refractivity contribution is 5.60. The van der Waals surface area contributed by atoms with E-state index < -0.39 is 0 Å². The van der Waals surface area contributed by atoms with Crippen molar-refractivity contribution in [1.82, 2.24) is 0 Å². The predicted octanol–water partition coefficient (Wildman–Crippen LogP) is 3.39. The molecule has 1 aliphatic heterocycles. The van der Waals surface area contributed by atoms with Crippen molar-refractivity contribution in [3.05, 3.63) is 77.0 Å². The number of nitrogens with zero attached hydrogens (tertiary/aromatic N) is 1. The van der Waals surface area contributed by atoms with Gasteiger partial charge < -0.3 is 14.7 Å². The summed E-state index contributed by atoms with van der Waals surface area (Å²) in [6.45, 7) is 3.48. The molecular formula is C20H23NO3. The van der Waals surface area contributed by atoms with Gasteiger partial charge in [0.05, 0.1) is 19.1 Å².